The molecule has 0 aromatic carbocycles. The predicted octanol–water partition coefficient (Wildman–Crippen LogP) is 1.79. The first kappa shape index (κ1) is 16.9. The number of amides is 2. The molecule has 1 saturated heterocycles. The number of thiol groups is 1. The summed E-state index contributed by atoms with van der Waals surface area (Å²) in [4.78, 5) is 28.4. The van der Waals surface area contributed by atoms with Crippen LogP contribution in [0.4, 0.5) is 4.79 Å². The fourth-order valence-corrected chi connectivity index (χ4v) is 3.39. The van der Waals surface area contributed by atoms with Gasteiger partial charge in [-0.2, -0.15) is 21.9 Å². The molecule has 1 fully saturated rings. The van der Waals surface area contributed by atoms with Gasteiger partial charge >= 0.3 is 12.0 Å². The minimum atomic E-state index is -1.37. The van der Waals surface area contributed by atoms with Crippen molar-refractivity contribution in [1.29, 1.82) is 0 Å². The summed E-state index contributed by atoms with van der Waals surface area (Å²) in [5.74, 6) is -0.428. The predicted molar refractivity (Wildman–Crippen MR) is 83.4 cm³/mol. The van der Waals surface area contributed by atoms with E-state index in [4.69, 9.17) is 0 Å². The Kier molecular flexibility index (Phi) is 4.60. The summed E-state index contributed by atoms with van der Waals surface area (Å²) in [6.07, 6.45) is 2.10. The summed E-state index contributed by atoms with van der Waals surface area (Å²) in [7, 11) is 0. The van der Waals surface area contributed by atoms with Gasteiger partial charge in [0, 0.05) is 29.6 Å². The third-order valence-corrected chi connectivity index (χ3v) is 4.53. The number of hydrogen-bond donors (Lipinski definition) is 3. The number of nitrogens with zero attached hydrogens (tertiary/aromatic N) is 2. The van der Waals surface area contributed by atoms with E-state index in [1.54, 1.807) is 32.2 Å². The average molecular weight is 325 g/mol. The molecule has 1 aliphatic heterocycles. The number of quaternary nitrogens is 1. The molecule has 6 nitrogen and oxygen atoms in total. The van der Waals surface area contributed by atoms with Gasteiger partial charge in [0.15, 0.2) is 0 Å². The van der Waals surface area contributed by atoms with E-state index in [1.807, 2.05) is 0 Å². The lowest BCUT2D eigenvalue weighted by Crippen LogP contribution is -2.60. The molecule has 0 aliphatic carbocycles. The highest BCUT2D eigenvalue weighted by atomic mass is 32.1. The molecule has 2 N–H and O–H groups in total. The Balaban J connectivity index is 2.41. The van der Waals surface area contributed by atoms with Gasteiger partial charge in [-0.25, -0.2) is 4.79 Å². The van der Waals surface area contributed by atoms with E-state index < -0.39 is 28.1 Å². The fraction of sp³-hybridized carbons (Fsp3) is 0.533. The Labute approximate surface area is 134 Å². The van der Waals surface area contributed by atoms with Crippen LogP contribution in [-0.4, -0.2) is 49.5 Å². The molecule has 0 spiro atoms. The molecule has 0 saturated carbocycles. The van der Waals surface area contributed by atoms with E-state index in [2.05, 4.69) is 17.6 Å². The van der Waals surface area contributed by atoms with Gasteiger partial charge in [-0.1, -0.05) is 13.0 Å². The van der Waals surface area contributed by atoms with Crippen molar-refractivity contribution in [2.45, 2.75) is 43.6 Å². The van der Waals surface area contributed by atoms with Crippen LogP contribution < -0.4 is 0 Å². The Morgan fingerprint density at radius 3 is 2.77 bits per heavy atom. The summed E-state index contributed by atoms with van der Waals surface area (Å²) in [6.45, 7) is 3.24. The molecule has 2 heterocycles. The maximum atomic E-state index is 12.6. The van der Waals surface area contributed by atoms with Crippen LogP contribution in [0.5, 0.6) is 0 Å². The zero-order valence-corrected chi connectivity index (χ0v) is 13.5. The number of hydrogen-bond acceptors (Lipinski definition) is 5. The molecule has 1 aliphatic rings. The first-order valence-corrected chi connectivity index (χ1v) is 7.69. The maximum absolute atomic E-state index is 12.6. The van der Waals surface area contributed by atoms with E-state index >= 15 is 0 Å². The van der Waals surface area contributed by atoms with Crippen LogP contribution in [0.1, 0.15) is 32.3 Å². The summed E-state index contributed by atoms with van der Waals surface area (Å²) >= 11 is 4.18. The Morgan fingerprint density at radius 1 is 1.59 bits per heavy atom. The van der Waals surface area contributed by atoms with Gasteiger partial charge in [-0.15, -0.1) is 0 Å². The summed E-state index contributed by atoms with van der Waals surface area (Å²) in [6, 6.07) is 2.86. The van der Waals surface area contributed by atoms with E-state index in [9.17, 15) is 19.8 Å². The normalized spacial score (nSPS) is 32.6. The van der Waals surface area contributed by atoms with Gasteiger partial charge in [-0.05, 0) is 13.0 Å². The van der Waals surface area contributed by atoms with Crippen molar-refractivity contribution in [2.75, 3.05) is 6.54 Å². The lowest BCUT2D eigenvalue weighted by molar-refractivity contribution is -0.796. The molecule has 2 amide bonds. The fourth-order valence-electron chi connectivity index (χ4n) is 3.24. The van der Waals surface area contributed by atoms with Crippen molar-refractivity contribution in [3.05, 3.63) is 30.1 Å². The molecule has 1 aromatic heterocycles. The van der Waals surface area contributed by atoms with Crippen molar-refractivity contribution < 1.29 is 24.3 Å². The van der Waals surface area contributed by atoms with Gasteiger partial charge in [0.2, 0.25) is 0 Å². The number of likely N-dealkylation sites (tertiary alicyclic amines) is 1. The Morgan fingerprint density at radius 2 is 2.27 bits per heavy atom. The maximum Gasteiger partial charge on any atom is 0.521 e. The number of pyridine rings is 1. The average Bonchev–Trinajstić information content (AvgIpc) is 2.73. The molecule has 3 unspecified atom stereocenters. The highest BCUT2D eigenvalue weighted by Gasteiger charge is 2.62. The van der Waals surface area contributed by atoms with Gasteiger partial charge in [0.25, 0.3) is 0 Å². The van der Waals surface area contributed by atoms with Gasteiger partial charge in [0.05, 0.1) is 6.42 Å². The van der Waals surface area contributed by atoms with Gasteiger partial charge in [0.1, 0.15) is 18.2 Å². The van der Waals surface area contributed by atoms with Crippen LogP contribution in [0, 0.1) is 0 Å². The van der Waals surface area contributed by atoms with E-state index in [-0.39, 0.29) is 24.6 Å². The van der Waals surface area contributed by atoms with E-state index in [0.717, 1.165) is 0 Å². The number of carbonyl (C=O) groups excluding carboxylic acids is 1. The lowest BCUT2D eigenvalue weighted by atomic mass is 9.93. The largest absolute Gasteiger partial charge is 0.521 e. The minimum Gasteiger partial charge on any atom is -0.435 e. The Bertz CT molecular complexity index is 580. The van der Waals surface area contributed by atoms with E-state index in [0.29, 0.717) is 5.56 Å². The molecule has 0 radical (unpaired) electrons. The standard InChI is InChI=1S/C15H20N2O4S/c1-10-7-15(21,12-4-3-5-16-8-12)9-17(10,14(19)20)13(18)6-11(2)22/h3-5,8,10-11,21H,6-7,9H2,1-2H3,(H-,19,20,22)/p+1/t10?,11?,15?,17-/m0/s1. The molecular weight excluding hydrogens is 304 g/mol. The molecule has 4 atom stereocenters. The third-order valence-electron chi connectivity index (χ3n) is 4.35. The molecule has 2 rings (SSSR count). The Hall–Kier alpha value is -1.44. The SMILES string of the molecule is CC(S)CC(=O)[N@+]1(C(=O)O)CC(O)(c2cccnc2)CC1C. The molecule has 120 valence electrons. The quantitative estimate of drug-likeness (QED) is 0.582. The molecule has 1 aromatic rings. The summed E-state index contributed by atoms with van der Waals surface area (Å²) < 4.78 is -0.768. The van der Waals surface area contributed by atoms with Crippen molar-refractivity contribution in [3.8, 4) is 0 Å². The number of aliphatic hydroxyl groups is 1. The highest BCUT2D eigenvalue weighted by molar-refractivity contribution is 7.80. The summed E-state index contributed by atoms with van der Waals surface area (Å²) in [5, 5.41) is 20.4. The third kappa shape index (κ3) is 2.76. The molecule has 22 heavy (non-hydrogen) atoms. The number of rotatable bonds is 3. The van der Waals surface area contributed by atoms with Crippen molar-refractivity contribution in [1.82, 2.24) is 4.98 Å². The van der Waals surface area contributed by atoms with Crippen LogP contribution in [0.25, 0.3) is 0 Å². The van der Waals surface area contributed by atoms with Crippen LogP contribution in [0.3, 0.4) is 0 Å². The summed E-state index contributed by atoms with van der Waals surface area (Å²) in [5.41, 5.74) is -0.837. The number of carbonyl (C=O) groups is 2. The number of imide groups is 1. The molecule has 7 heteroatoms. The van der Waals surface area contributed by atoms with Gasteiger partial charge < -0.3 is 10.2 Å². The van der Waals surface area contributed by atoms with Crippen molar-refractivity contribution >= 4 is 24.6 Å². The number of aromatic nitrogens is 1. The highest BCUT2D eigenvalue weighted by Crippen LogP contribution is 2.41. The minimum absolute atomic E-state index is 0.0445. The van der Waals surface area contributed by atoms with Crippen LogP contribution in [-0.2, 0) is 10.4 Å². The van der Waals surface area contributed by atoms with Crippen LogP contribution in [0.2, 0.25) is 0 Å². The van der Waals surface area contributed by atoms with Crippen molar-refractivity contribution in [2.24, 2.45) is 0 Å². The van der Waals surface area contributed by atoms with Crippen LogP contribution >= 0.6 is 12.6 Å². The first-order chi connectivity index (χ1) is 10.2. The smallest absolute Gasteiger partial charge is 0.435 e. The first-order valence-electron chi connectivity index (χ1n) is 7.18. The second-order valence-corrected chi connectivity index (χ2v) is 6.96. The van der Waals surface area contributed by atoms with E-state index in [1.165, 1.54) is 6.20 Å². The molecular formula is C15H21N2O4S+. The monoisotopic (exact) mass is 325 g/mol. The molecule has 0 bridgehead atoms. The van der Waals surface area contributed by atoms with Crippen molar-refractivity contribution in [3.63, 3.8) is 0 Å². The topological polar surface area (TPSA) is 87.5 Å². The lowest BCUT2D eigenvalue weighted by Gasteiger charge is -2.30. The zero-order valence-electron chi connectivity index (χ0n) is 12.6. The van der Waals surface area contributed by atoms with Gasteiger partial charge in [-0.3, -0.25) is 4.98 Å². The second-order valence-electron chi connectivity index (χ2n) is 6.08. The number of carboxylic acid groups (broad SMARTS) is 1. The van der Waals surface area contributed by atoms with Crippen LogP contribution in [0.15, 0.2) is 24.5 Å². The zero-order chi connectivity index (χ0) is 16.5. The second kappa shape index (κ2) is 5.98.